The van der Waals surface area contributed by atoms with E-state index in [0.717, 1.165) is 82.2 Å². The van der Waals surface area contributed by atoms with Crippen LogP contribution in [0.3, 0.4) is 0 Å². The number of carbonyl (C=O) groups is 1. The maximum Gasteiger partial charge on any atom is 0.260 e. The molecule has 1 saturated heterocycles. The zero-order chi connectivity index (χ0) is 33.6. The van der Waals surface area contributed by atoms with Crippen molar-refractivity contribution < 1.29 is 19.5 Å². The van der Waals surface area contributed by atoms with E-state index in [1.54, 1.807) is 7.11 Å². The van der Waals surface area contributed by atoms with Gasteiger partial charge in [-0.25, -0.2) is 0 Å². The molecule has 1 aromatic rings. The van der Waals surface area contributed by atoms with Crippen molar-refractivity contribution in [1.29, 1.82) is 0 Å². The van der Waals surface area contributed by atoms with Crippen molar-refractivity contribution in [2.45, 2.75) is 109 Å². The number of aliphatic hydroxyl groups is 1. The molecule has 1 heterocycles. The third kappa shape index (κ3) is 5.82. The number of methoxy groups -OCH3 is 1. The van der Waals surface area contributed by atoms with Crippen LogP contribution in [-0.2, 0) is 15.0 Å². The van der Waals surface area contributed by atoms with Crippen LogP contribution in [0.2, 0.25) is 0 Å². The molecule has 7 nitrogen and oxygen atoms in total. The van der Waals surface area contributed by atoms with Gasteiger partial charge in [-0.3, -0.25) is 4.79 Å². The van der Waals surface area contributed by atoms with Crippen LogP contribution in [0.1, 0.15) is 97.5 Å². The molecule has 0 radical (unpaired) electrons. The van der Waals surface area contributed by atoms with Gasteiger partial charge in [-0.2, -0.15) is 0 Å². The number of fused-ring (bicyclic) bond motifs is 5. The molecule has 0 bridgehead atoms. The lowest BCUT2D eigenvalue weighted by atomic mass is 9.46. The molecule has 3 saturated carbocycles. The summed E-state index contributed by atoms with van der Waals surface area (Å²) in [5.74, 6) is 5.70. The molecule has 47 heavy (non-hydrogen) atoms. The number of likely N-dealkylation sites (tertiary alicyclic amines) is 1. The monoisotopic (exact) mass is 643 g/mol. The summed E-state index contributed by atoms with van der Waals surface area (Å²) >= 11 is 0. The summed E-state index contributed by atoms with van der Waals surface area (Å²) in [5, 5.41) is 18.9. The lowest BCUT2D eigenvalue weighted by molar-refractivity contribution is -0.125. The number of nitrogens with zero attached hydrogens (tertiary/aromatic N) is 2. The molecule has 1 aliphatic heterocycles. The Balaban J connectivity index is 1.04. The number of amides is 1. The van der Waals surface area contributed by atoms with Crippen molar-refractivity contribution in [3.63, 3.8) is 0 Å². The third-order valence-electron chi connectivity index (χ3n) is 14.2. The second-order valence-electron chi connectivity index (χ2n) is 16.2. The van der Waals surface area contributed by atoms with Crippen molar-refractivity contribution in [2.75, 3.05) is 33.9 Å². The quantitative estimate of drug-likeness (QED) is 0.250. The van der Waals surface area contributed by atoms with Gasteiger partial charge >= 0.3 is 0 Å². The van der Waals surface area contributed by atoms with Gasteiger partial charge in [0.05, 0.1) is 12.8 Å². The van der Waals surface area contributed by atoms with E-state index in [-0.39, 0.29) is 28.8 Å². The molecule has 1 amide bonds. The van der Waals surface area contributed by atoms with Gasteiger partial charge in [-0.05, 0) is 131 Å². The predicted molar refractivity (Wildman–Crippen MR) is 187 cm³/mol. The molecule has 1 aromatic carbocycles. The molecule has 4 aliphatic carbocycles. The number of hydrogen-bond donors (Lipinski definition) is 2. The highest BCUT2D eigenvalue weighted by Gasteiger charge is 2.63. The highest BCUT2D eigenvalue weighted by atomic mass is 16.6. The van der Waals surface area contributed by atoms with Crippen LogP contribution in [0.25, 0.3) is 0 Å². The largest absolute Gasteiger partial charge is 0.497 e. The minimum atomic E-state index is -0.961. The number of allylic oxidation sites excluding steroid dienone is 2. The van der Waals surface area contributed by atoms with Crippen LogP contribution < -0.4 is 10.1 Å². The van der Waals surface area contributed by atoms with Gasteiger partial charge in [0.25, 0.3) is 5.91 Å². The number of carbonyl (C=O) groups excluding carboxylic acids is 1. The summed E-state index contributed by atoms with van der Waals surface area (Å²) in [6, 6.07) is 8.95. The standard InChI is InChI=1S/C40H57N3O4/c1-8-40(45)20-17-35-33-14-11-30-23-31(15-18-37(30,4)34(33)16-19-38(35,40)5)42-47-26-36(44)41-22-21-39(24-28(3)43(6)25-27(39)2)29-9-12-32(46-7)13-10-29/h1,9-10,12-13,23,27-28,33-35,45H,11,14-22,24-26H2,2-7H3,(H,41,44)/b42-31-/t27-,28+,33-,34-,35-,37+,38+,39+,40+/m1/s1. The van der Waals surface area contributed by atoms with E-state index >= 15 is 0 Å². The predicted octanol–water partition coefficient (Wildman–Crippen LogP) is 6.50. The number of nitrogens with one attached hydrogen (secondary N) is 1. The van der Waals surface area contributed by atoms with Gasteiger partial charge in [0.1, 0.15) is 11.4 Å². The highest BCUT2D eigenvalue weighted by molar-refractivity contribution is 5.96. The number of piperidine rings is 1. The minimum absolute atomic E-state index is 0.0241. The summed E-state index contributed by atoms with van der Waals surface area (Å²) in [4.78, 5) is 21.0. The van der Waals surface area contributed by atoms with Gasteiger partial charge in [-0.15, -0.1) is 6.42 Å². The third-order valence-corrected chi connectivity index (χ3v) is 14.2. The molecule has 2 N–H and O–H groups in total. The molecular weight excluding hydrogens is 586 g/mol. The van der Waals surface area contributed by atoms with Crippen LogP contribution >= 0.6 is 0 Å². The smallest absolute Gasteiger partial charge is 0.260 e. The lowest BCUT2D eigenvalue weighted by Gasteiger charge is -2.58. The lowest BCUT2D eigenvalue weighted by Crippen LogP contribution is -2.54. The first-order chi connectivity index (χ1) is 22.4. The minimum Gasteiger partial charge on any atom is -0.497 e. The molecule has 4 fully saturated rings. The fourth-order valence-corrected chi connectivity index (χ4v) is 11.0. The zero-order valence-electron chi connectivity index (χ0n) is 29.6. The Hall–Kier alpha value is -2.82. The van der Waals surface area contributed by atoms with E-state index in [9.17, 15) is 9.90 Å². The number of hydrogen-bond acceptors (Lipinski definition) is 6. The first-order valence-corrected chi connectivity index (χ1v) is 18.1. The van der Waals surface area contributed by atoms with E-state index in [1.165, 1.54) is 11.1 Å². The van der Waals surface area contributed by atoms with Crippen LogP contribution in [0.4, 0.5) is 0 Å². The second kappa shape index (κ2) is 12.9. The van der Waals surface area contributed by atoms with Crippen molar-refractivity contribution in [3.05, 3.63) is 41.5 Å². The van der Waals surface area contributed by atoms with Crippen LogP contribution in [-0.4, -0.2) is 67.1 Å². The van der Waals surface area contributed by atoms with Crippen molar-refractivity contribution in [3.8, 4) is 18.1 Å². The Morgan fingerprint density at radius 3 is 2.57 bits per heavy atom. The number of ether oxygens (including phenoxy) is 1. The van der Waals surface area contributed by atoms with Crippen LogP contribution in [0.15, 0.2) is 41.1 Å². The molecule has 0 aromatic heterocycles. The number of benzene rings is 1. The summed E-state index contributed by atoms with van der Waals surface area (Å²) in [7, 11) is 3.90. The Bertz CT molecular complexity index is 1430. The van der Waals surface area contributed by atoms with Gasteiger partial charge in [-0.1, -0.05) is 49.6 Å². The van der Waals surface area contributed by atoms with Crippen LogP contribution in [0, 0.1) is 46.8 Å². The SMILES string of the molecule is C#C[C@]1(O)CC[C@@H]2[C@@H]3CCC4=C/C(=N\OCC(=O)NCC[C@]5(c6ccc(OC)cc6)C[C@H](C)N(C)C[C@H]5C)CC[C@]4(C)[C@@H]3CC[C@@]21C. The average molecular weight is 644 g/mol. The van der Waals surface area contributed by atoms with E-state index in [0.29, 0.717) is 36.3 Å². The fourth-order valence-electron chi connectivity index (χ4n) is 11.0. The molecule has 5 aliphatic rings. The Morgan fingerprint density at radius 1 is 1.11 bits per heavy atom. The van der Waals surface area contributed by atoms with E-state index in [1.807, 2.05) is 12.1 Å². The van der Waals surface area contributed by atoms with Gasteiger partial charge < -0.3 is 24.9 Å². The molecule has 6 rings (SSSR count). The molecule has 0 unspecified atom stereocenters. The topological polar surface area (TPSA) is 83.4 Å². The highest BCUT2D eigenvalue weighted by Crippen LogP contribution is 2.67. The Morgan fingerprint density at radius 2 is 1.85 bits per heavy atom. The zero-order valence-corrected chi connectivity index (χ0v) is 29.6. The number of oxime groups is 1. The maximum atomic E-state index is 12.9. The molecule has 7 heteroatoms. The normalized spacial score (nSPS) is 40.8. The molecule has 9 atom stereocenters. The Kier molecular flexibility index (Phi) is 9.35. The number of terminal acetylenes is 1. The molecule has 256 valence electrons. The average Bonchev–Trinajstić information content (AvgIpc) is 3.34. The first-order valence-electron chi connectivity index (χ1n) is 18.1. The van der Waals surface area contributed by atoms with E-state index in [4.69, 9.17) is 16.0 Å². The van der Waals surface area contributed by atoms with Crippen LogP contribution in [0.5, 0.6) is 5.75 Å². The van der Waals surface area contributed by atoms with Crippen molar-refractivity contribution in [1.82, 2.24) is 10.2 Å². The first kappa shape index (κ1) is 34.1. The van der Waals surface area contributed by atoms with Gasteiger partial charge in [0.15, 0.2) is 6.61 Å². The number of rotatable bonds is 8. The summed E-state index contributed by atoms with van der Waals surface area (Å²) in [5.41, 5.74) is 2.74. The fraction of sp³-hybridized carbons (Fsp3) is 0.700. The van der Waals surface area contributed by atoms with Crippen molar-refractivity contribution in [2.24, 2.45) is 39.7 Å². The second-order valence-corrected chi connectivity index (χ2v) is 16.2. The summed E-state index contributed by atoms with van der Waals surface area (Å²) in [6.07, 6.45) is 18.0. The Labute approximate surface area is 282 Å². The van der Waals surface area contributed by atoms with E-state index in [2.05, 4.69) is 74.2 Å². The van der Waals surface area contributed by atoms with Gasteiger partial charge in [0.2, 0.25) is 0 Å². The van der Waals surface area contributed by atoms with Crippen molar-refractivity contribution >= 4 is 11.6 Å². The summed E-state index contributed by atoms with van der Waals surface area (Å²) in [6.45, 7) is 10.9. The maximum absolute atomic E-state index is 12.9. The molecule has 0 spiro atoms. The molecular formula is C40H57N3O4. The van der Waals surface area contributed by atoms with E-state index < -0.39 is 5.60 Å². The summed E-state index contributed by atoms with van der Waals surface area (Å²) < 4.78 is 5.42. The van der Waals surface area contributed by atoms with Gasteiger partial charge in [0, 0.05) is 30.0 Å².